The molecular formula is C39H34ClN3O5S. The molecule has 3 amide bonds. The summed E-state index contributed by atoms with van der Waals surface area (Å²) in [6.07, 6.45) is 1.60. The van der Waals surface area contributed by atoms with Gasteiger partial charge in [-0.05, 0) is 84.8 Å². The van der Waals surface area contributed by atoms with Gasteiger partial charge in [-0.2, -0.15) is 0 Å². The minimum Gasteiger partial charge on any atom is -0.495 e. The van der Waals surface area contributed by atoms with Gasteiger partial charge in [0, 0.05) is 21.2 Å². The molecule has 3 N–H and O–H groups in total. The Morgan fingerprint density at radius 3 is 2.22 bits per heavy atom. The van der Waals surface area contributed by atoms with Gasteiger partial charge in [-0.1, -0.05) is 78.3 Å². The van der Waals surface area contributed by atoms with Gasteiger partial charge < -0.3 is 25.4 Å². The second-order valence-electron chi connectivity index (χ2n) is 10.6. The second kappa shape index (κ2) is 17.1. The van der Waals surface area contributed by atoms with E-state index >= 15 is 0 Å². The van der Waals surface area contributed by atoms with Crippen LogP contribution in [0, 0.1) is 0 Å². The number of benzene rings is 5. The number of hydrogen-bond donors (Lipinski definition) is 3. The van der Waals surface area contributed by atoms with E-state index in [1.165, 1.54) is 18.9 Å². The first kappa shape index (κ1) is 34.8. The predicted molar refractivity (Wildman–Crippen MR) is 196 cm³/mol. The van der Waals surface area contributed by atoms with E-state index in [9.17, 15) is 14.4 Å². The summed E-state index contributed by atoms with van der Waals surface area (Å²) >= 11 is 7.53. The lowest BCUT2D eigenvalue weighted by Gasteiger charge is -2.19. The molecule has 0 aromatic heterocycles. The Hall–Kier alpha value is -5.51. The molecule has 0 aliphatic rings. The summed E-state index contributed by atoms with van der Waals surface area (Å²) in [6.45, 7) is 2.43. The maximum atomic E-state index is 13.7. The molecule has 10 heteroatoms. The third kappa shape index (κ3) is 9.76. The maximum absolute atomic E-state index is 13.7. The zero-order chi connectivity index (χ0) is 34.6. The van der Waals surface area contributed by atoms with Crippen LogP contribution in [0.1, 0.15) is 33.7 Å². The quantitative estimate of drug-likeness (QED) is 0.0843. The molecule has 0 radical (unpaired) electrons. The van der Waals surface area contributed by atoms with Gasteiger partial charge in [-0.25, -0.2) is 0 Å². The van der Waals surface area contributed by atoms with Crippen LogP contribution in [0.2, 0.25) is 5.02 Å². The van der Waals surface area contributed by atoms with Crippen molar-refractivity contribution in [3.63, 3.8) is 0 Å². The standard InChI is InChI=1S/C39H34ClN3O5S/c1-3-48-31-20-17-26(18-21-31)23-34(43-37(44)28-13-8-5-9-14-28)38(45)41-30-15-10-16-32(25-30)49-36(27-11-6-4-7-12-27)39(46)42-33-24-29(40)19-22-35(33)47-2/h4-25,36H,3H2,1-2H3,(H,41,45)(H,42,46)(H,43,44)/b34-23+. The number of halogens is 1. The molecule has 1 atom stereocenters. The van der Waals surface area contributed by atoms with Gasteiger partial charge in [0.05, 0.1) is 19.4 Å². The summed E-state index contributed by atoms with van der Waals surface area (Å²) in [6, 6.07) is 37.4. The Kier molecular flexibility index (Phi) is 12.1. The molecule has 0 saturated heterocycles. The molecule has 0 fully saturated rings. The zero-order valence-corrected chi connectivity index (χ0v) is 28.4. The molecule has 49 heavy (non-hydrogen) atoms. The lowest BCUT2D eigenvalue weighted by atomic mass is 10.1. The van der Waals surface area contributed by atoms with Gasteiger partial charge in [0.15, 0.2) is 0 Å². The molecule has 8 nitrogen and oxygen atoms in total. The third-order valence-corrected chi connectivity index (χ3v) is 8.62. The maximum Gasteiger partial charge on any atom is 0.272 e. The van der Waals surface area contributed by atoms with E-state index in [4.69, 9.17) is 21.1 Å². The van der Waals surface area contributed by atoms with E-state index in [1.54, 1.807) is 91.0 Å². The smallest absolute Gasteiger partial charge is 0.272 e. The van der Waals surface area contributed by atoms with Gasteiger partial charge in [-0.15, -0.1) is 11.8 Å². The van der Waals surface area contributed by atoms with E-state index in [1.807, 2.05) is 49.4 Å². The normalized spacial score (nSPS) is 11.6. The van der Waals surface area contributed by atoms with Gasteiger partial charge in [-0.3, -0.25) is 14.4 Å². The molecule has 5 aromatic carbocycles. The second-order valence-corrected chi connectivity index (χ2v) is 12.2. The van der Waals surface area contributed by atoms with Gasteiger partial charge in [0.2, 0.25) is 5.91 Å². The van der Waals surface area contributed by atoms with Crippen LogP contribution < -0.4 is 25.4 Å². The number of amides is 3. The van der Waals surface area contributed by atoms with E-state index in [0.29, 0.717) is 45.6 Å². The van der Waals surface area contributed by atoms with Gasteiger partial charge >= 0.3 is 0 Å². The van der Waals surface area contributed by atoms with Crippen LogP contribution in [0.15, 0.2) is 138 Å². The lowest BCUT2D eigenvalue weighted by Crippen LogP contribution is -2.30. The van der Waals surface area contributed by atoms with Crippen molar-refractivity contribution in [1.29, 1.82) is 0 Å². The summed E-state index contributed by atoms with van der Waals surface area (Å²) in [5.41, 5.74) is 2.86. The Labute approximate surface area is 294 Å². The highest BCUT2D eigenvalue weighted by atomic mass is 35.5. The van der Waals surface area contributed by atoms with E-state index in [0.717, 1.165) is 10.5 Å². The van der Waals surface area contributed by atoms with Crippen LogP contribution in [-0.2, 0) is 9.59 Å². The van der Waals surface area contributed by atoms with E-state index in [-0.39, 0.29) is 11.6 Å². The Balaban J connectivity index is 1.38. The zero-order valence-electron chi connectivity index (χ0n) is 26.8. The number of anilines is 2. The minimum atomic E-state index is -0.656. The molecule has 0 spiro atoms. The first-order chi connectivity index (χ1) is 23.8. The minimum absolute atomic E-state index is 0.0491. The van der Waals surface area contributed by atoms with Crippen molar-refractivity contribution in [2.24, 2.45) is 0 Å². The van der Waals surface area contributed by atoms with Crippen LogP contribution >= 0.6 is 23.4 Å². The van der Waals surface area contributed by atoms with Crippen LogP contribution in [0.5, 0.6) is 11.5 Å². The van der Waals surface area contributed by atoms with Crippen molar-refractivity contribution < 1.29 is 23.9 Å². The highest BCUT2D eigenvalue weighted by Gasteiger charge is 2.24. The third-order valence-electron chi connectivity index (χ3n) is 7.14. The van der Waals surface area contributed by atoms with Gasteiger partial charge in [0.1, 0.15) is 22.4 Å². The SMILES string of the molecule is CCOc1ccc(/C=C(/NC(=O)c2ccccc2)C(=O)Nc2cccc(SC(C(=O)Nc3cc(Cl)ccc3OC)c3ccccc3)c2)cc1. The van der Waals surface area contributed by atoms with Crippen LogP contribution in [0.3, 0.4) is 0 Å². The van der Waals surface area contributed by atoms with Crippen molar-refractivity contribution >= 4 is 58.5 Å². The number of methoxy groups -OCH3 is 1. The first-order valence-corrected chi connectivity index (χ1v) is 16.7. The molecule has 0 aliphatic heterocycles. The largest absolute Gasteiger partial charge is 0.495 e. The molecule has 0 bridgehead atoms. The molecular weight excluding hydrogens is 658 g/mol. The number of ether oxygens (including phenoxy) is 2. The van der Waals surface area contributed by atoms with E-state index < -0.39 is 17.1 Å². The van der Waals surface area contributed by atoms with Crippen LogP contribution in [0.25, 0.3) is 6.08 Å². The number of carbonyl (C=O) groups excluding carboxylic acids is 3. The molecule has 248 valence electrons. The van der Waals surface area contributed by atoms with Crippen LogP contribution in [0.4, 0.5) is 11.4 Å². The number of hydrogen-bond acceptors (Lipinski definition) is 6. The lowest BCUT2D eigenvalue weighted by molar-refractivity contribution is -0.116. The average Bonchev–Trinajstić information content (AvgIpc) is 3.12. The van der Waals surface area contributed by atoms with Crippen molar-refractivity contribution in [1.82, 2.24) is 5.32 Å². The molecule has 1 unspecified atom stereocenters. The summed E-state index contributed by atoms with van der Waals surface area (Å²) < 4.78 is 11.0. The summed E-state index contributed by atoms with van der Waals surface area (Å²) in [4.78, 5) is 41.3. The molecule has 0 saturated carbocycles. The Bertz CT molecular complexity index is 1940. The number of thioether (sulfide) groups is 1. The fourth-order valence-corrected chi connectivity index (χ4v) is 6.05. The van der Waals surface area contributed by atoms with Crippen LogP contribution in [-0.4, -0.2) is 31.4 Å². The van der Waals surface area contributed by atoms with Crippen molar-refractivity contribution in [3.8, 4) is 11.5 Å². The fraction of sp³-hybridized carbons (Fsp3) is 0.103. The number of rotatable bonds is 13. The monoisotopic (exact) mass is 691 g/mol. The average molecular weight is 692 g/mol. The highest BCUT2D eigenvalue weighted by Crippen LogP contribution is 2.38. The summed E-state index contributed by atoms with van der Waals surface area (Å²) in [5, 5.41) is 8.42. The molecule has 5 aromatic rings. The fourth-order valence-electron chi connectivity index (χ4n) is 4.79. The van der Waals surface area contributed by atoms with Crippen molar-refractivity contribution in [2.75, 3.05) is 24.4 Å². The summed E-state index contributed by atoms with van der Waals surface area (Å²) in [5.74, 6) is -0.0541. The van der Waals surface area contributed by atoms with E-state index in [2.05, 4.69) is 16.0 Å². The topological polar surface area (TPSA) is 106 Å². The molecule has 5 rings (SSSR count). The molecule has 0 heterocycles. The first-order valence-electron chi connectivity index (χ1n) is 15.4. The number of carbonyl (C=O) groups is 3. The Morgan fingerprint density at radius 2 is 1.53 bits per heavy atom. The molecule has 0 aliphatic carbocycles. The highest BCUT2D eigenvalue weighted by molar-refractivity contribution is 8.00. The van der Waals surface area contributed by atoms with Gasteiger partial charge in [0.25, 0.3) is 11.8 Å². The van der Waals surface area contributed by atoms with Crippen molar-refractivity contribution in [3.05, 3.63) is 155 Å². The number of nitrogens with one attached hydrogen (secondary N) is 3. The predicted octanol–water partition coefficient (Wildman–Crippen LogP) is 8.63. The van der Waals surface area contributed by atoms with Crippen molar-refractivity contribution in [2.45, 2.75) is 17.1 Å². The Morgan fingerprint density at radius 1 is 0.816 bits per heavy atom. The summed E-state index contributed by atoms with van der Waals surface area (Å²) in [7, 11) is 1.52.